The maximum Gasteiger partial charge on any atom is 0.256 e. The first kappa shape index (κ1) is 19.9. The summed E-state index contributed by atoms with van der Waals surface area (Å²) in [6, 6.07) is 20.7. The summed E-state index contributed by atoms with van der Waals surface area (Å²) < 4.78 is 5.35. The van der Waals surface area contributed by atoms with Crippen molar-refractivity contribution in [2.24, 2.45) is 0 Å². The van der Waals surface area contributed by atoms with Crippen molar-refractivity contribution in [1.82, 2.24) is 4.98 Å². The van der Waals surface area contributed by atoms with Crippen molar-refractivity contribution in [3.8, 4) is 17.0 Å². The fourth-order valence-corrected chi connectivity index (χ4v) is 3.75. The molecular formula is C25H21ClN2O2. The van der Waals surface area contributed by atoms with Crippen molar-refractivity contribution in [3.05, 3.63) is 88.4 Å². The van der Waals surface area contributed by atoms with Crippen LogP contribution in [0.5, 0.6) is 5.75 Å². The molecule has 150 valence electrons. The van der Waals surface area contributed by atoms with E-state index in [0.717, 1.165) is 33.3 Å². The number of benzene rings is 3. The van der Waals surface area contributed by atoms with Gasteiger partial charge in [0, 0.05) is 21.7 Å². The van der Waals surface area contributed by atoms with Crippen molar-refractivity contribution in [2.75, 3.05) is 12.4 Å². The lowest BCUT2D eigenvalue weighted by Gasteiger charge is -2.13. The van der Waals surface area contributed by atoms with Gasteiger partial charge in [0.1, 0.15) is 5.75 Å². The second-order valence-corrected chi connectivity index (χ2v) is 7.67. The van der Waals surface area contributed by atoms with Crippen molar-refractivity contribution >= 4 is 34.1 Å². The summed E-state index contributed by atoms with van der Waals surface area (Å²) in [6.45, 7) is 4.03. The Labute approximate surface area is 180 Å². The number of halogens is 1. The molecule has 0 radical (unpaired) electrons. The van der Waals surface area contributed by atoms with Crippen LogP contribution in [0.2, 0.25) is 5.02 Å². The van der Waals surface area contributed by atoms with Crippen LogP contribution >= 0.6 is 11.6 Å². The number of nitrogens with one attached hydrogen (secondary N) is 1. The van der Waals surface area contributed by atoms with Crippen LogP contribution in [0.4, 0.5) is 5.69 Å². The minimum Gasteiger partial charge on any atom is -0.497 e. The van der Waals surface area contributed by atoms with Gasteiger partial charge in [0.05, 0.1) is 23.9 Å². The number of carbonyl (C=O) groups is 1. The van der Waals surface area contributed by atoms with Crippen LogP contribution in [0.1, 0.15) is 21.5 Å². The number of nitrogens with zero attached hydrogens (tertiary/aromatic N) is 1. The lowest BCUT2D eigenvalue weighted by atomic mass is 9.99. The van der Waals surface area contributed by atoms with Gasteiger partial charge < -0.3 is 10.1 Å². The van der Waals surface area contributed by atoms with Gasteiger partial charge in [0.2, 0.25) is 0 Å². The summed E-state index contributed by atoms with van der Waals surface area (Å²) >= 11 is 6.07. The first-order valence-corrected chi connectivity index (χ1v) is 9.96. The van der Waals surface area contributed by atoms with Gasteiger partial charge in [-0.3, -0.25) is 4.79 Å². The van der Waals surface area contributed by atoms with E-state index in [4.69, 9.17) is 21.3 Å². The van der Waals surface area contributed by atoms with E-state index < -0.39 is 0 Å². The van der Waals surface area contributed by atoms with Crippen LogP contribution in [-0.2, 0) is 0 Å². The third-order valence-corrected chi connectivity index (χ3v) is 5.18. The van der Waals surface area contributed by atoms with Crippen LogP contribution in [0.15, 0.2) is 66.7 Å². The second-order valence-electron chi connectivity index (χ2n) is 7.23. The maximum atomic E-state index is 13.3. The summed E-state index contributed by atoms with van der Waals surface area (Å²) in [6.07, 6.45) is 0. The molecular weight excluding hydrogens is 396 g/mol. The Kier molecular flexibility index (Phi) is 5.42. The molecule has 0 aliphatic heterocycles. The van der Waals surface area contributed by atoms with Crippen molar-refractivity contribution < 1.29 is 9.53 Å². The SMILES string of the molecule is COc1cccc(-c2cc(C(=O)Nc3cccc(Cl)c3)c3cc(C)cc(C)c3n2)c1. The second kappa shape index (κ2) is 8.17. The first-order chi connectivity index (χ1) is 14.4. The fraction of sp³-hybridized carbons (Fsp3) is 0.120. The fourth-order valence-electron chi connectivity index (χ4n) is 3.56. The smallest absolute Gasteiger partial charge is 0.256 e. The summed E-state index contributed by atoms with van der Waals surface area (Å²) in [5.41, 5.74) is 5.70. The summed E-state index contributed by atoms with van der Waals surface area (Å²) in [5.74, 6) is 0.527. The number of anilines is 1. The van der Waals surface area contributed by atoms with E-state index in [0.29, 0.717) is 22.0 Å². The lowest BCUT2D eigenvalue weighted by molar-refractivity contribution is 0.102. The Bertz CT molecular complexity index is 1270. The third-order valence-electron chi connectivity index (χ3n) is 4.94. The Morgan fingerprint density at radius 3 is 2.57 bits per heavy atom. The summed E-state index contributed by atoms with van der Waals surface area (Å²) in [5, 5.41) is 4.34. The average molecular weight is 417 g/mol. The Morgan fingerprint density at radius 1 is 1.00 bits per heavy atom. The minimum absolute atomic E-state index is 0.209. The lowest BCUT2D eigenvalue weighted by Crippen LogP contribution is -2.13. The number of fused-ring (bicyclic) bond motifs is 1. The van der Waals surface area contributed by atoms with E-state index in [1.165, 1.54) is 0 Å². The van der Waals surface area contributed by atoms with Gasteiger partial charge in [0.15, 0.2) is 0 Å². The molecule has 4 nitrogen and oxygen atoms in total. The molecule has 0 bridgehead atoms. The summed E-state index contributed by atoms with van der Waals surface area (Å²) in [7, 11) is 1.63. The number of hydrogen-bond acceptors (Lipinski definition) is 3. The average Bonchev–Trinajstić information content (AvgIpc) is 2.73. The molecule has 0 aliphatic carbocycles. The van der Waals surface area contributed by atoms with E-state index in [2.05, 4.69) is 11.4 Å². The first-order valence-electron chi connectivity index (χ1n) is 9.58. The van der Waals surface area contributed by atoms with Crippen molar-refractivity contribution in [3.63, 3.8) is 0 Å². The van der Waals surface area contributed by atoms with Crippen molar-refractivity contribution in [2.45, 2.75) is 13.8 Å². The number of aryl methyl sites for hydroxylation is 2. The number of amides is 1. The van der Waals surface area contributed by atoms with Crippen LogP contribution < -0.4 is 10.1 Å². The highest BCUT2D eigenvalue weighted by molar-refractivity contribution is 6.31. The van der Waals surface area contributed by atoms with Crippen LogP contribution in [-0.4, -0.2) is 18.0 Å². The highest BCUT2D eigenvalue weighted by Gasteiger charge is 2.16. The zero-order valence-electron chi connectivity index (χ0n) is 17.0. The van der Waals surface area contributed by atoms with Gasteiger partial charge >= 0.3 is 0 Å². The molecule has 1 N–H and O–H groups in total. The van der Waals surface area contributed by atoms with E-state index in [1.807, 2.05) is 56.3 Å². The number of hydrogen-bond donors (Lipinski definition) is 1. The molecule has 0 unspecified atom stereocenters. The Hall–Kier alpha value is -3.37. The quantitative estimate of drug-likeness (QED) is 0.417. The van der Waals surface area contributed by atoms with Crippen LogP contribution in [0.3, 0.4) is 0 Å². The number of ether oxygens (including phenoxy) is 1. The number of methoxy groups -OCH3 is 1. The molecule has 0 aliphatic rings. The summed E-state index contributed by atoms with van der Waals surface area (Å²) in [4.78, 5) is 18.1. The van der Waals surface area contributed by atoms with Gasteiger partial charge in [-0.05, 0) is 61.9 Å². The molecule has 30 heavy (non-hydrogen) atoms. The highest BCUT2D eigenvalue weighted by atomic mass is 35.5. The molecule has 0 spiro atoms. The van der Waals surface area contributed by atoms with Gasteiger partial charge in [0.25, 0.3) is 5.91 Å². The van der Waals surface area contributed by atoms with Crippen LogP contribution in [0.25, 0.3) is 22.2 Å². The molecule has 4 aromatic rings. The Balaban J connectivity index is 1.88. The van der Waals surface area contributed by atoms with Crippen LogP contribution in [0, 0.1) is 13.8 Å². The standard InChI is InChI=1S/C25H21ClN2O2/c1-15-10-16(2)24-21(11-15)22(25(29)27-19-8-5-7-18(26)13-19)14-23(28-24)17-6-4-9-20(12-17)30-3/h4-14H,1-3H3,(H,27,29). The topological polar surface area (TPSA) is 51.2 Å². The molecule has 3 aromatic carbocycles. The molecule has 1 aromatic heterocycles. The van der Waals surface area contributed by atoms with Gasteiger partial charge in [-0.1, -0.05) is 41.4 Å². The number of rotatable bonds is 4. The predicted molar refractivity (Wildman–Crippen MR) is 123 cm³/mol. The molecule has 0 saturated heterocycles. The number of carbonyl (C=O) groups excluding carboxylic acids is 1. The monoisotopic (exact) mass is 416 g/mol. The molecule has 0 saturated carbocycles. The highest BCUT2D eigenvalue weighted by Crippen LogP contribution is 2.30. The zero-order chi connectivity index (χ0) is 21.3. The molecule has 1 heterocycles. The molecule has 5 heteroatoms. The van der Waals surface area contributed by atoms with E-state index in [1.54, 1.807) is 25.3 Å². The Morgan fingerprint density at radius 2 is 1.80 bits per heavy atom. The normalized spacial score (nSPS) is 10.8. The molecule has 0 atom stereocenters. The minimum atomic E-state index is -0.209. The largest absolute Gasteiger partial charge is 0.497 e. The predicted octanol–water partition coefficient (Wildman–Crippen LogP) is 6.43. The number of aromatic nitrogens is 1. The number of pyridine rings is 1. The zero-order valence-corrected chi connectivity index (χ0v) is 17.7. The van der Waals surface area contributed by atoms with Gasteiger partial charge in [-0.15, -0.1) is 0 Å². The van der Waals surface area contributed by atoms with E-state index >= 15 is 0 Å². The molecule has 0 fully saturated rings. The van der Waals surface area contributed by atoms with Gasteiger partial charge in [-0.25, -0.2) is 4.98 Å². The molecule has 1 amide bonds. The maximum absolute atomic E-state index is 13.3. The molecule has 4 rings (SSSR count). The van der Waals surface area contributed by atoms with E-state index in [-0.39, 0.29) is 5.91 Å². The van der Waals surface area contributed by atoms with E-state index in [9.17, 15) is 4.79 Å². The third kappa shape index (κ3) is 4.00. The van der Waals surface area contributed by atoms with Gasteiger partial charge in [-0.2, -0.15) is 0 Å². The van der Waals surface area contributed by atoms with Crippen molar-refractivity contribution in [1.29, 1.82) is 0 Å².